The molecule has 2 aromatic carbocycles. The molecule has 0 aliphatic carbocycles. The number of esters is 2. The van der Waals surface area contributed by atoms with Crippen LogP contribution < -0.4 is 0 Å². The highest BCUT2D eigenvalue weighted by Crippen LogP contribution is 2.35. The van der Waals surface area contributed by atoms with Crippen molar-refractivity contribution in [2.45, 2.75) is 0 Å². The monoisotopic (exact) mass is 590 g/mol. The predicted molar refractivity (Wildman–Crippen MR) is 115 cm³/mol. The zero-order valence-corrected chi connectivity index (χ0v) is 19.7. The summed E-state index contributed by atoms with van der Waals surface area (Å²) >= 11 is 9.37. The molecule has 0 saturated heterocycles. The van der Waals surface area contributed by atoms with E-state index >= 15 is 0 Å². The summed E-state index contributed by atoms with van der Waals surface area (Å²) < 4.78 is 10.1. The van der Waals surface area contributed by atoms with Crippen LogP contribution in [0.15, 0.2) is 49.3 Å². The van der Waals surface area contributed by atoms with Gasteiger partial charge in [-0.3, -0.25) is 4.79 Å². The first kappa shape index (κ1) is 23.1. The van der Waals surface area contributed by atoms with Crippen LogP contribution in [-0.4, -0.2) is 42.2 Å². The van der Waals surface area contributed by atoms with Crippen molar-refractivity contribution < 1.29 is 34.1 Å². The first-order valence-corrected chi connectivity index (χ1v) is 10.1. The van der Waals surface area contributed by atoms with Crippen LogP contribution in [0.25, 0.3) is 5.57 Å². The van der Waals surface area contributed by atoms with Crippen LogP contribution in [-0.2, 0) is 19.1 Å². The number of hydrogen-bond acceptors (Lipinski definition) is 7. The Bertz CT molecular complexity index is 1020. The number of phenolic OH excluding ortho intramolecular Hbond substituents is 2. The van der Waals surface area contributed by atoms with Gasteiger partial charge in [0.25, 0.3) is 0 Å². The summed E-state index contributed by atoms with van der Waals surface area (Å²) in [5.74, 6) is -3.08. The van der Waals surface area contributed by atoms with Gasteiger partial charge in [0, 0.05) is 5.56 Å². The normalized spacial score (nSPS) is 11.5. The van der Waals surface area contributed by atoms with E-state index in [9.17, 15) is 24.6 Å². The van der Waals surface area contributed by atoms with Crippen LogP contribution in [0, 0.1) is 0 Å². The van der Waals surface area contributed by atoms with Crippen molar-refractivity contribution >= 4 is 71.1 Å². The lowest BCUT2D eigenvalue weighted by molar-refractivity contribution is -0.137. The van der Waals surface area contributed by atoms with E-state index < -0.39 is 23.3 Å². The van der Waals surface area contributed by atoms with Crippen molar-refractivity contribution in [3.8, 4) is 11.5 Å². The van der Waals surface area contributed by atoms with Gasteiger partial charge in [-0.05, 0) is 77.6 Å². The number of Topliss-reactive ketones (excluding diaryl/α,β-unsaturated/α-hetero) is 1. The van der Waals surface area contributed by atoms with Gasteiger partial charge in [-0.15, -0.1) is 0 Å². The topological polar surface area (TPSA) is 110 Å². The SMILES string of the molecule is COC(=O)/C(C(=O)c1cc(Br)c(O)c(Br)c1)=C(\C(=O)OC)c1ccc(O)c(Br)c1. The fourth-order valence-electron chi connectivity index (χ4n) is 2.38. The second-order valence-corrected chi connectivity index (χ2v) is 8.08. The Morgan fingerprint density at radius 2 is 1.31 bits per heavy atom. The van der Waals surface area contributed by atoms with Crippen LogP contribution in [0.4, 0.5) is 0 Å². The molecule has 7 nitrogen and oxygen atoms in total. The highest BCUT2D eigenvalue weighted by Gasteiger charge is 2.31. The molecule has 0 atom stereocenters. The molecular weight excluding hydrogens is 580 g/mol. The molecule has 0 bridgehead atoms. The van der Waals surface area contributed by atoms with E-state index in [1.54, 1.807) is 0 Å². The molecule has 10 heteroatoms. The standard InChI is InChI=1S/C19H13Br3O7/c1-28-18(26)14(8-3-4-13(23)10(20)5-8)15(19(27)29-2)16(24)9-6-11(21)17(25)12(22)7-9/h3-7,23,25H,1-2H3/b15-14-. The van der Waals surface area contributed by atoms with E-state index in [2.05, 4.69) is 47.8 Å². The second-order valence-electron chi connectivity index (χ2n) is 5.52. The number of carbonyl (C=O) groups is 3. The van der Waals surface area contributed by atoms with Crippen LogP contribution in [0.3, 0.4) is 0 Å². The Kier molecular flexibility index (Phi) is 7.61. The summed E-state index contributed by atoms with van der Waals surface area (Å²) in [4.78, 5) is 38.2. The number of methoxy groups -OCH3 is 2. The van der Waals surface area contributed by atoms with Gasteiger partial charge in [0.2, 0.25) is 5.78 Å². The van der Waals surface area contributed by atoms with Crippen LogP contribution in [0.5, 0.6) is 11.5 Å². The number of ketones is 1. The predicted octanol–water partition coefficient (Wildman–Crippen LogP) is 4.37. The fourth-order valence-corrected chi connectivity index (χ4v) is 3.95. The molecule has 152 valence electrons. The minimum absolute atomic E-state index is 0.00111. The Hall–Kier alpha value is -2.17. The molecule has 0 aromatic heterocycles. The molecule has 0 unspecified atom stereocenters. The number of phenols is 2. The molecule has 0 heterocycles. The lowest BCUT2D eigenvalue weighted by atomic mass is 9.93. The third-order valence-corrected chi connectivity index (χ3v) is 5.62. The van der Waals surface area contributed by atoms with Gasteiger partial charge >= 0.3 is 11.9 Å². The maximum absolute atomic E-state index is 13.2. The molecule has 2 N–H and O–H groups in total. The first-order valence-electron chi connectivity index (χ1n) is 7.74. The van der Waals surface area contributed by atoms with E-state index in [1.165, 1.54) is 30.3 Å². The van der Waals surface area contributed by atoms with E-state index in [0.717, 1.165) is 14.2 Å². The molecular formula is C19H13Br3O7. The van der Waals surface area contributed by atoms with Crippen molar-refractivity contribution in [3.63, 3.8) is 0 Å². The fraction of sp³-hybridized carbons (Fsp3) is 0.105. The van der Waals surface area contributed by atoms with E-state index in [1.807, 2.05) is 0 Å². The minimum Gasteiger partial charge on any atom is -0.507 e. The number of carbonyl (C=O) groups excluding carboxylic acids is 3. The molecule has 29 heavy (non-hydrogen) atoms. The van der Waals surface area contributed by atoms with E-state index in [0.29, 0.717) is 0 Å². The maximum atomic E-state index is 13.2. The molecule has 0 fully saturated rings. The summed E-state index contributed by atoms with van der Waals surface area (Å²) in [5.41, 5.74) is -0.764. The lowest BCUT2D eigenvalue weighted by Gasteiger charge is -2.13. The summed E-state index contributed by atoms with van der Waals surface area (Å²) in [6.07, 6.45) is 0. The average Bonchev–Trinajstić information content (AvgIpc) is 2.70. The minimum atomic E-state index is -1.06. The summed E-state index contributed by atoms with van der Waals surface area (Å²) in [6.45, 7) is 0. The molecule has 2 aromatic rings. The molecule has 2 rings (SSSR count). The smallest absolute Gasteiger partial charge is 0.342 e. The highest BCUT2D eigenvalue weighted by atomic mass is 79.9. The van der Waals surface area contributed by atoms with Gasteiger partial charge in [-0.2, -0.15) is 0 Å². The molecule has 0 radical (unpaired) electrons. The van der Waals surface area contributed by atoms with Crippen LogP contribution in [0.1, 0.15) is 15.9 Å². The highest BCUT2D eigenvalue weighted by molar-refractivity contribution is 9.11. The molecule has 0 spiro atoms. The Morgan fingerprint density at radius 3 is 1.79 bits per heavy atom. The number of benzene rings is 2. The van der Waals surface area contributed by atoms with Crippen molar-refractivity contribution in [1.82, 2.24) is 0 Å². The molecule has 0 aliphatic rings. The van der Waals surface area contributed by atoms with Crippen molar-refractivity contribution in [2.24, 2.45) is 0 Å². The lowest BCUT2D eigenvalue weighted by Crippen LogP contribution is -2.21. The number of hydrogen-bond donors (Lipinski definition) is 2. The Balaban J connectivity index is 2.84. The van der Waals surface area contributed by atoms with Gasteiger partial charge in [0.1, 0.15) is 17.1 Å². The number of halogens is 3. The van der Waals surface area contributed by atoms with Gasteiger partial charge in [0.15, 0.2) is 0 Å². The third-order valence-electron chi connectivity index (χ3n) is 3.77. The van der Waals surface area contributed by atoms with Gasteiger partial charge in [-0.25, -0.2) is 9.59 Å². The molecule has 0 amide bonds. The third kappa shape index (κ3) is 4.88. The number of aromatic hydroxyl groups is 2. The largest absolute Gasteiger partial charge is 0.507 e. The van der Waals surface area contributed by atoms with Crippen molar-refractivity contribution in [3.05, 3.63) is 60.5 Å². The average molecular weight is 593 g/mol. The Morgan fingerprint density at radius 1 is 0.793 bits per heavy atom. The van der Waals surface area contributed by atoms with E-state index in [-0.39, 0.29) is 41.6 Å². The van der Waals surface area contributed by atoms with Crippen LogP contribution >= 0.6 is 47.8 Å². The van der Waals surface area contributed by atoms with E-state index in [4.69, 9.17) is 9.47 Å². The van der Waals surface area contributed by atoms with Crippen molar-refractivity contribution in [2.75, 3.05) is 14.2 Å². The van der Waals surface area contributed by atoms with Crippen molar-refractivity contribution in [1.29, 1.82) is 0 Å². The van der Waals surface area contributed by atoms with Gasteiger partial charge in [-0.1, -0.05) is 6.07 Å². The maximum Gasteiger partial charge on any atom is 0.342 e. The second kappa shape index (κ2) is 9.55. The van der Waals surface area contributed by atoms with Crippen LogP contribution in [0.2, 0.25) is 0 Å². The van der Waals surface area contributed by atoms with Gasteiger partial charge in [0.05, 0.1) is 33.2 Å². The molecule has 0 saturated carbocycles. The van der Waals surface area contributed by atoms with Gasteiger partial charge < -0.3 is 19.7 Å². The first-order chi connectivity index (χ1) is 13.6. The quantitative estimate of drug-likeness (QED) is 0.174. The zero-order chi connectivity index (χ0) is 21.9. The Labute approximate surface area is 190 Å². The molecule has 0 aliphatic heterocycles. The summed E-state index contributed by atoms with van der Waals surface area (Å²) in [6, 6.07) is 6.60. The number of rotatable bonds is 5. The number of ether oxygens (including phenoxy) is 2. The summed E-state index contributed by atoms with van der Waals surface area (Å²) in [5, 5.41) is 19.6. The summed E-state index contributed by atoms with van der Waals surface area (Å²) in [7, 11) is 2.17. The zero-order valence-electron chi connectivity index (χ0n) is 15.0.